The van der Waals surface area contributed by atoms with Gasteiger partial charge >= 0.3 is 0 Å². The Morgan fingerprint density at radius 1 is 1.08 bits per heavy atom. The van der Waals surface area contributed by atoms with Gasteiger partial charge in [-0.1, -0.05) is 12.5 Å². The van der Waals surface area contributed by atoms with E-state index in [1.165, 1.54) is 19.3 Å². The van der Waals surface area contributed by atoms with Gasteiger partial charge in [-0.25, -0.2) is 0 Å². The summed E-state index contributed by atoms with van der Waals surface area (Å²) < 4.78 is 0. The number of phenols is 1. The highest BCUT2D eigenvalue weighted by Crippen LogP contribution is 2.34. The van der Waals surface area contributed by atoms with E-state index in [0.717, 1.165) is 34.7 Å². The van der Waals surface area contributed by atoms with Crippen molar-refractivity contribution >= 4 is 22.5 Å². The van der Waals surface area contributed by atoms with E-state index in [2.05, 4.69) is 5.32 Å². The van der Waals surface area contributed by atoms with Crippen molar-refractivity contribution in [3.05, 3.63) is 41.5 Å². The number of aromatic hydroxyl groups is 1. The van der Waals surface area contributed by atoms with Crippen molar-refractivity contribution in [2.75, 3.05) is 6.54 Å². The molecule has 0 bridgehead atoms. The van der Waals surface area contributed by atoms with Crippen LogP contribution in [-0.2, 0) is 11.2 Å². The van der Waals surface area contributed by atoms with Gasteiger partial charge in [0.05, 0.1) is 0 Å². The molecule has 0 aliphatic heterocycles. The molecule has 2 aromatic rings. The van der Waals surface area contributed by atoms with Gasteiger partial charge in [0.2, 0.25) is 5.91 Å². The van der Waals surface area contributed by atoms with Gasteiger partial charge in [0.15, 0.2) is 5.78 Å². The minimum atomic E-state index is 0.118. The molecule has 0 unspecified atom stereocenters. The molecule has 2 saturated carbocycles. The van der Waals surface area contributed by atoms with Crippen molar-refractivity contribution in [3.63, 3.8) is 0 Å². The summed E-state index contributed by atoms with van der Waals surface area (Å²) in [5.41, 5.74) is 1.76. The van der Waals surface area contributed by atoms with Crippen LogP contribution in [-0.4, -0.2) is 23.3 Å². The molecule has 2 N–H and O–H groups in total. The highest BCUT2D eigenvalue weighted by Gasteiger charge is 2.30. The van der Waals surface area contributed by atoms with Crippen LogP contribution in [0.3, 0.4) is 0 Å². The Hall–Kier alpha value is -2.36. The molecule has 4 rings (SSSR count). The lowest BCUT2D eigenvalue weighted by Crippen LogP contribution is -2.29. The second kappa shape index (κ2) is 7.10. The number of nitrogens with one attached hydrogen (secondary N) is 1. The van der Waals surface area contributed by atoms with E-state index in [0.29, 0.717) is 25.3 Å². The Morgan fingerprint density at radius 3 is 2.58 bits per heavy atom. The summed E-state index contributed by atoms with van der Waals surface area (Å²) >= 11 is 0. The van der Waals surface area contributed by atoms with Crippen LogP contribution in [0.4, 0.5) is 0 Å². The van der Waals surface area contributed by atoms with E-state index in [-0.39, 0.29) is 23.4 Å². The van der Waals surface area contributed by atoms with Crippen molar-refractivity contribution in [1.29, 1.82) is 0 Å². The van der Waals surface area contributed by atoms with E-state index >= 15 is 0 Å². The van der Waals surface area contributed by atoms with Crippen molar-refractivity contribution in [3.8, 4) is 5.75 Å². The molecule has 4 heteroatoms. The zero-order valence-corrected chi connectivity index (χ0v) is 15.0. The number of Topliss-reactive ketones (excluding diaryl/α,β-unsaturated/α-hetero) is 1. The Bertz CT molecular complexity index is 850. The van der Waals surface area contributed by atoms with Gasteiger partial charge in [0.1, 0.15) is 5.75 Å². The predicted molar refractivity (Wildman–Crippen MR) is 101 cm³/mol. The zero-order valence-electron chi connectivity index (χ0n) is 15.0. The van der Waals surface area contributed by atoms with Crippen LogP contribution in [0, 0.1) is 11.8 Å². The average Bonchev–Trinajstić information content (AvgIpc) is 3.42. The Labute approximate surface area is 153 Å². The summed E-state index contributed by atoms with van der Waals surface area (Å²) in [7, 11) is 0. The average molecular weight is 351 g/mol. The van der Waals surface area contributed by atoms with Gasteiger partial charge in [-0.2, -0.15) is 0 Å². The standard InChI is InChI=1S/C22H25NO3/c24-19-7-6-16-11-18(22(26)15-4-5-15)12-17(20(16)13-19)8-9-23-21(25)10-14-2-1-3-14/h6-7,11-15,24H,1-5,8-10H2,(H,23,25). The second-order valence-corrected chi connectivity index (χ2v) is 7.78. The van der Waals surface area contributed by atoms with Crippen LogP contribution >= 0.6 is 0 Å². The number of hydrogen-bond donors (Lipinski definition) is 2. The number of benzene rings is 2. The normalized spacial score (nSPS) is 17.1. The van der Waals surface area contributed by atoms with Gasteiger partial charge in [0, 0.05) is 24.4 Å². The van der Waals surface area contributed by atoms with E-state index in [1.54, 1.807) is 12.1 Å². The highest BCUT2D eigenvalue weighted by atomic mass is 16.3. The van der Waals surface area contributed by atoms with Crippen molar-refractivity contribution < 1.29 is 14.7 Å². The van der Waals surface area contributed by atoms with Crippen molar-refractivity contribution in [2.24, 2.45) is 11.8 Å². The first-order chi connectivity index (χ1) is 12.6. The zero-order chi connectivity index (χ0) is 18.1. The monoisotopic (exact) mass is 351 g/mol. The number of rotatable bonds is 7. The number of carbonyl (C=O) groups excluding carboxylic acids is 2. The predicted octanol–water partition coefficient (Wildman–Crippen LogP) is 3.99. The minimum absolute atomic E-state index is 0.118. The molecule has 26 heavy (non-hydrogen) atoms. The number of phenolic OH excluding ortho intramolecular Hbond substituents is 1. The summed E-state index contributed by atoms with van der Waals surface area (Å²) in [4.78, 5) is 24.5. The molecule has 0 aromatic heterocycles. The molecule has 2 aliphatic rings. The van der Waals surface area contributed by atoms with E-state index in [1.807, 2.05) is 18.2 Å². The maximum Gasteiger partial charge on any atom is 0.220 e. The maximum atomic E-state index is 12.5. The molecule has 0 heterocycles. The first-order valence-electron chi connectivity index (χ1n) is 9.67. The van der Waals surface area contributed by atoms with Gasteiger partial charge in [0.25, 0.3) is 0 Å². The van der Waals surface area contributed by atoms with E-state index in [9.17, 15) is 14.7 Å². The molecule has 0 spiro atoms. The van der Waals surface area contributed by atoms with Crippen LogP contribution in [0.15, 0.2) is 30.3 Å². The van der Waals surface area contributed by atoms with Crippen LogP contribution < -0.4 is 5.32 Å². The van der Waals surface area contributed by atoms with Gasteiger partial charge in [-0.3, -0.25) is 9.59 Å². The lowest BCUT2D eigenvalue weighted by Gasteiger charge is -2.24. The number of hydrogen-bond acceptors (Lipinski definition) is 3. The molecule has 0 saturated heterocycles. The molecule has 2 aliphatic carbocycles. The van der Waals surface area contributed by atoms with Crippen LogP contribution in [0.5, 0.6) is 5.75 Å². The van der Waals surface area contributed by atoms with Gasteiger partial charge < -0.3 is 10.4 Å². The fourth-order valence-corrected chi connectivity index (χ4v) is 3.72. The maximum absolute atomic E-state index is 12.5. The highest BCUT2D eigenvalue weighted by molar-refractivity contribution is 6.03. The third-order valence-corrected chi connectivity index (χ3v) is 5.67. The molecule has 1 amide bonds. The molecule has 0 atom stereocenters. The van der Waals surface area contributed by atoms with Crippen LogP contribution in [0.25, 0.3) is 10.8 Å². The topological polar surface area (TPSA) is 66.4 Å². The smallest absolute Gasteiger partial charge is 0.220 e. The molecule has 4 nitrogen and oxygen atoms in total. The number of fused-ring (bicyclic) bond motifs is 1. The molecule has 2 aromatic carbocycles. The number of carbonyl (C=O) groups is 2. The summed E-state index contributed by atoms with van der Waals surface area (Å²) in [6.07, 6.45) is 6.84. The quantitative estimate of drug-likeness (QED) is 0.741. The third kappa shape index (κ3) is 3.74. The SMILES string of the molecule is O=C(CC1CCC1)NCCc1cc(C(=O)C2CC2)cc2ccc(O)cc12. The van der Waals surface area contributed by atoms with Gasteiger partial charge in [-0.15, -0.1) is 0 Å². The van der Waals surface area contributed by atoms with Crippen molar-refractivity contribution in [1.82, 2.24) is 5.32 Å². The lowest BCUT2D eigenvalue weighted by molar-refractivity contribution is -0.122. The fraction of sp³-hybridized carbons (Fsp3) is 0.455. The largest absolute Gasteiger partial charge is 0.508 e. The fourth-order valence-electron chi connectivity index (χ4n) is 3.72. The van der Waals surface area contributed by atoms with Gasteiger partial charge in [-0.05, 0) is 78.6 Å². The minimum Gasteiger partial charge on any atom is -0.508 e. The Balaban J connectivity index is 1.50. The number of ketones is 1. The van der Waals surface area contributed by atoms with Crippen LogP contribution in [0.1, 0.15) is 54.4 Å². The first-order valence-corrected chi connectivity index (χ1v) is 9.67. The summed E-state index contributed by atoms with van der Waals surface area (Å²) in [5, 5.41) is 14.8. The van der Waals surface area contributed by atoms with E-state index in [4.69, 9.17) is 0 Å². The molecule has 2 fully saturated rings. The third-order valence-electron chi connectivity index (χ3n) is 5.67. The summed E-state index contributed by atoms with van der Waals surface area (Å²) in [5.74, 6) is 1.29. The van der Waals surface area contributed by atoms with Crippen molar-refractivity contribution in [2.45, 2.75) is 44.9 Å². The first kappa shape index (κ1) is 17.1. The lowest BCUT2D eigenvalue weighted by atomic mass is 9.83. The number of amides is 1. The second-order valence-electron chi connectivity index (χ2n) is 7.78. The van der Waals surface area contributed by atoms with Crippen LogP contribution in [0.2, 0.25) is 0 Å². The Morgan fingerprint density at radius 2 is 1.88 bits per heavy atom. The molecular weight excluding hydrogens is 326 g/mol. The van der Waals surface area contributed by atoms with E-state index < -0.39 is 0 Å². The summed E-state index contributed by atoms with van der Waals surface area (Å²) in [6.45, 7) is 0.553. The molecular formula is C22H25NO3. The molecule has 136 valence electrons. The summed E-state index contributed by atoms with van der Waals surface area (Å²) in [6, 6.07) is 9.12. The molecule has 0 radical (unpaired) electrons. The Kier molecular flexibility index (Phi) is 4.66.